The summed E-state index contributed by atoms with van der Waals surface area (Å²) in [6.07, 6.45) is -3.02. The van der Waals surface area contributed by atoms with Gasteiger partial charge in [0.05, 0.1) is 23.1 Å². The maximum Gasteiger partial charge on any atom is 0.405 e. The van der Waals surface area contributed by atoms with Crippen molar-refractivity contribution in [2.24, 2.45) is 0 Å². The fourth-order valence-electron chi connectivity index (χ4n) is 3.38. The van der Waals surface area contributed by atoms with Gasteiger partial charge < -0.3 is 10.6 Å². The van der Waals surface area contributed by atoms with Crippen molar-refractivity contribution in [3.05, 3.63) is 47.3 Å². The number of halogens is 4. The van der Waals surface area contributed by atoms with Crippen LogP contribution in [0, 0.1) is 13.8 Å². The minimum Gasteiger partial charge on any atom is -0.350 e. The molecule has 6 nitrogen and oxygen atoms in total. The summed E-state index contributed by atoms with van der Waals surface area (Å²) >= 11 is 0. The Bertz CT molecular complexity index is 833. The fraction of sp³-hybridized carbons (Fsp3) is 0.474. The summed E-state index contributed by atoms with van der Waals surface area (Å²) in [5, 5.41) is 9.71. The van der Waals surface area contributed by atoms with Crippen molar-refractivity contribution in [1.82, 2.24) is 25.3 Å². The molecule has 0 saturated carbocycles. The van der Waals surface area contributed by atoms with Crippen molar-refractivity contribution in [2.75, 3.05) is 32.7 Å². The number of piperazine rings is 1. The maximum atomic E-state index is 13.5. The summed E-state index contributed by atoms with van der Waals surface area (Å²) in [6.45, 7) is 4.78. The zero-order chi connectivity index (χ0) is 20.3. The molecular weight excluding hydrogens is 407 g/mol. The second-order valence-corrected chi connectivity index (χ2v) is 6.95. The van der Waals surface area contributed by atoms with Crippen LogP contribution in [0.5, 0.6) is 0 Å². The molecule has 0 radical (unpaired) electrons. The lowest BCUT2D eigenvalue weighted by Crippen LogP contribution is -2.57. The quantitative estimate of drug-likeness (QED) is 0.763. The topological polar surface area (TPSA) is 62.2 Å². The third-order valence-corrected chi connectivity index (χ3v) is 4.93. The molecule has 2 heterocycles. The molecule has 10 heteroatoms. The zero-order valence-electron chi connectivity index (χ0n) is 16.3. The van der Waals surface area contributed by atoms with E-state index < -0.39 is 24.7 Å². The molecule has 1 fully saturated rings. The molecule has 2 N–H and O–H groups in total. The lowest BCUT2D eigenvalue weighted by atomic mass is 10.2. The predicted molar refractivity (Wildman–Crippen MR) is 107 cm³/mol. The highest BCUT2D eigenvalue weighted by molar-refractivity contribution is 5.95. The number of alkyl halides is 3. The van der Waals surface area contributed by atoms with E-state index in [0.29, 0.717) is 31.9 Å². The fourth-order valence-corrected chi connectivity index (χ4v) is 3.38. The van der Waals surface area contributed by atoms with Crippen molar-refractivity contribution in [3.63, 3.8) is 0 Å². The molecule has 1 saturated heterocycles. The lowest BCUT2D eigenvalue weighted by Gasteiger charge is -2.35. The number of hydrogen-bond donors (Lipinski definition) is 2. The van der Waals surface area contributed by atoms with Crippen molar-refractivity contribution in [3.8, 4) is 5.69 Å². The van der Waals surface area contributed by atoms with E-state index in [1.165, 1.54) is 11.1 Å². The Labute approximate surface area is 173 Å². The zero-order valence-corrected chi connectivity index (χ0v) is 17.1. The van der Waals surface area contributed by atoms with E-state index in [2.05, 4.69) is 15.7 Å². The first-order chi connectivity index (χ1) is 13.3. The second kappa shape index (κ2) is 9.60. The van der Waals surface area contributed by atoms with Gasteiger partial charge in [-0.1, -0.05) is 12.1 Å². The Balaban J connectivity index is 0.00000300. The first-order valence-corrected chi connectivity index (χ1v) is 9.18. The lowest BCUT2D eigenvalue weighted by molar-refractivity contribution is -0.183. The van der Waals surface area contributed by atoms with Crippen molar-refractivity contribution >= 4 is 18.3 Å². The van der Waals surface area contributed by atoms with Gasteiger partial charge in [-0.2, -0.15) is 18.3 Å². The summed E-state index contributed by atoms with van der Waals surface area (Å²) < 4.78 is 42.0. The van der Waals surface area contributed by atoms with Gasteiger partial charge in [-0.15, -0.1) is 12.4 Å². The molecule has 1 aliphatic rings. The van der Waals surface area contributed by atoms with Crippen LogP contribution in [0.25, 0.3) is 5.69 Å². The van der Waals surface area contributed by atoms with E-state index >= 15 is 0 Å². The largest absolute Gasteiger partial charge is 0.405 e. The number of carbonyl (C=O) groups is 1. The van der Waals surface area contributed by atoms with Crippen LogP contribution in [-0.2, 0) is 0 Å². The van der Waals surface area contributed by atoms with E-state index in [1.807, 2.05) is 31.2 Å². The minimum atomic E-state index is -4.41. The van der Waals surface area contributed by atoms with Gasteiger partial charge in [0.15, 0.2) is 0 Å². The molecule has 1 amide bonds. The average Bonchev–Trinajstić information content (AvgIpc) is 3.03. The van der Waals surface area contributed by atoms with Gasteiger partial charge in [-0.25, -0.2) is 4.68 Å². The van der Waals surface area contributed by atoms with Crippen molar-refractivity contribution < 1.29 is 18.0 Å². The molecule has 1 atom stereocenters. The van der Waals surface area contributed by atoms with E-state index in [4.69, 9.17) is 0 Å². The molecule has 3 rings (SSSR count). The molecule has 1 unspecified atom stereocenters. The number of carbonyl (C=O) groups excluding carboxylic acids is 1. The monoisotopic (exact) mass is 431 g/mol. The highest BCUT2D eigenvalue weighted by Crippen LogP contribution is 2.25. The summed E-state index contributed by atoms with van der Waals surface area (Å²) in [6, 6.07) is 5.91. The molecule has 1 aromatic heterocycles. The molecule has 160 valence electrons. The number of aromatic nitrogens is 2. The Hall–Kier alpha value is -2.10. The van der Waals surface area contributed by atoms with Gasteiger partial charge in [0.25, 0.3) is 5.91 Å². The van der Waals surface area contributed by atoms with E-state index in [0.717, 1.165) is 11.3 Å². The van der Waals surface area contributed by atoms with Crippen LogP contribution in [-0.4, -0.2) is 65.5 Å². The number of aryl methyl sites for hydroxylation is 1. The maximum absolute atomic E-state index is 13.5. The third-order valence-electron chi connectivity index (χ3n) is 4.93. The van der Waals surface area contributed by atoms with Crippen LogP contribution in [0.1, 0.15) is 21.6 Å². The Kier molecular flexibility index (Phi) is 7.67. The van der Waals surface area contributed by atoms with Crippen LogP contribution in [0.2, 0.25) is 0 Å². The number of hydrogen-bond acceptors (Lipinski definition) is 4. The van der Waals surface area contributed by atoms with E-state index in [-0.39, 0.29) is 18.0 Å². The first kappa shape index (κ1) is 23.2. The minimum absolute atomic E-state index is 0. The molecule has 0 aliphatic carbocycles. The van der Waals surface area contributed by atoms with Gasteiger partial charge in [-0.3, -0.25) is 9.69 Å². The third kappa shape index (κ3) is 5.49. The molecule has 2 aromatic rings. The van der Waals surface area contributed by atoms with E-state index in [9.17, 15) is 18.0 Å². The summed E-state index contributed by atoms with van der Waals surface area (Å²) in [7, 11) is 0. The van der Waals surface area contributed by atoms with Crippen LogP contribution in [0.15, 0.2) is 30.5 Å². The van der Waals surface area contributed by atoms with Crippen LogP contribution in [0.4, 0.5) is 13.2 Å². The van der Waals surface area contributed by atoms with Gasteiger partial charge in [0, 0.05) is 32.7 Å². The summed E-state index contributed by atoms with van der Waals surface area (Å²) in [5.74, 6) is -0.555. The van der Waals surface area contributed by atoms with Crippen LogP contribution < -0.4 is 10.6 Å². The number of nitrogens with one attached hydrogen (secondary N) is 2. The SMILES string of the molecule is Cc1cccc(-n2ncc(C(=O)NCC(N3CCNCC3)C(F)(F)F)c2C)c1.Cl. The molecule has 1 aliphatic heterocycles. The molecule has 29 heavy (non-hydrogen) atoms. The Morgan fingerprint density at radius 2 is 1.97 bits per heavy atom. The molecule has 1 aromatic carbocycles. The van der Waals surface area contributed by atoms with Gasteiger partial charge in [-0.05, 0) is 31.5 Å². The second-order valence-electron chi connectivity index (χ2n) is 6.95. The molecule has 0 spiro atoms. The first-order valence-electron chi connectivity index (χ1n) is 9.18. The van der Waals surface area contributed by atoms with Crippen molar-refractivity contribution in [2.45, 2.75) is 26.1 Å². The Morgan fingerprint density at radius 1 is 1.28 bits per heavy atom. The predicted octanol–water partition coefficient (Wildman–Crippen LogP) is 2.48. The number of rotatable bonds is 5. The van der Waals surface area contributed by atoms with Crippen molar-refractivity contribution in [1.29, 1.82) is 0 Å². The highest BCUT2D eigenvalue weighted by atomic mass is 35.5. The number of benzene rings is 1. The van der Waals surface area contributed by atoms with Gasteiger partial charge >= 0.3 is 6.18 Å². The normalized spacial score (nSPS) is 16.2. The summed E-state index contributed by atoms with van der Waals surface area (Å²) in [5.41, 5.74) is 2.68. The molecular formula is C19H25ClF3N5O. The number of nitrogens with zero attached hydrogens (tertiary/aromatic N) is 3. The van der Waals surface area contributed by atoms with Gasteiger partial charge in [0.1, 0.15) is 6.04 Å². The van der Waals surface area contributed by atoms with Crippen LogP contribution in [0.3, 0.4) is 0 Å². The van der Waals surface area contributed by atoms with E-state index in [1.54, 1.807) is 11.6 Å². The Morgan fingerprint density at radius 3 is 2.59 bits per heavy atom. The number of amides is 1. The summed E-state index contributed by atoms with van der Waals surface area (Å²) in [4.78, 5) is 13.9. The smallest absolute Gasteiger partial charge is 0.350 e. The highest BCUT2D eigenvalue weighted by Gasteiger charge is 2.43. The molecule has 0 bridgehead atoms. The average molecular weight is 432 g/mol. The van der Waals surface area contributed by atoms with Gasteiger partial charge in [0.2, 0.25) is 0 Å². The van der Waals surface area contributed by atoms with Crippen LogP contribution >= 0.6 is 12.4 Å². The standard InChI is InChI=1S/C19H24F3N5O.ClH/c1-13-4-3-5-15(10-13)27-14(2)16(11-25-27)18(28)24-12-17(19(20,21)22)26-8-6-23-7-9-26;/h3-5,10-11,17,23H,6-9,12H2,1-2H3,(H,24,28);1H.